The Balaban J connectivity index is 2.35. The van der Waals surface area contributed by atoms with E-state index in [1.165, 1.54) is 18.2 Å². The molecule has 1 aromatic rings. The highest BCUT2D eigenvalue weighted by Crippen LogP contribution is 2.08. The zero-order valence-electron chi connectivity index (χ0n) is 11.1. The molecule has 0 radical (unpaired) electrons. The standard InChI is InChI=1S/C13H18FN3O2/c1-17(2)8-4-7-15-12(18)13(19)16-11-6-3-5-10(14)9-11/h3,5-6,9H,4,7-8H2,1-2H3,(H,15,18)(H,16,19). The molecular formula is C13H18FN3O2. The molecule has 6 heteroatoms. The first kappa shape index (κ1) is 15.1. The number of anilines is 1. The van der Waals surface area contributed by atoms with Crippen LogP contribution in [0.25, 0.3) is 0 Å². The van der Waals surface area contributed by atoms with E-state index in [1.807, 2.05) is 19.0 Å². The summed E-state index contributed by atoms with van der Waals surface area (Å²) in [7, 11) is 3.86. The highest BCUT2D eigenvalue weighted by molar-refractivity contribution is 6.39. The van der Waals surface area contributed by atoms with E-state index in [-0.39, 0.29) is 5.69 Å². The maximum atomic E-state index is 12.9. The smallest absolute Gasteiger partial charge is 0.313 e. The van der Waals surface area contributed by atoms with Crippen LogP contribution >= 0.6 is 0 Å². The zero-order chi connectivity index (χ0) is 14.3. The molecule has 1 rings (SSSR count). The number of rotatable bonds is 5. The van der Waals surface area contributed by atoms with Crippen LogP contribution in [-0.4, -0.2) is 43.9 Å². The number of nitrogens with zero attached hydrogens (tertiary/aromatic N) is 1. The first-order chi connectivity index (χ1) is 8.99. The number of carbonyl (C=O) groups is 2. The fourth-order valence-electron chi connectivity index (χ4n) is 1.43. The lowest BCUT2D eigenvalue weighted by molar-refractivity contribution is -0.136. The van der Waals surface area contributed by atoms with Gasteiger partial charge in [0.25, 0.3) is 0 Å². The number of hydrogen-bond acceptors (Lipinski definition) is 3. The summed E-state index contributed by atoms with van der Waals surface area (Å²) in [4.78, 5) is 24.9. The summed E-state index contributed by atoms with van der Waals surface area (Å²) in [6.45, 7) is 1.25. The lowest BCUT2D eigenvalue weighted by atomic mass is 10.3. The van der Waals surface area contributed by atoms with E-state index in [1.54, 1.807) is 0 Å². The molecule has 0 aliphatic heterocycles. The van der Waals surface area contributed by atoms with E-state index < -0.39 is 17.6 Å². The third-order valence-corrected chi connectivity index (χ3v) is 2.36. The van der Waals surface area contributed by atoms with Crippen molar-refractivity contribution in [2.24, 2.45) is 0 Å². The van der Waals surface area contributed by atoms with Crippen LogP contribution in [0.15, 0.2) is 24.3 Å². The summed E-state index contributed by atoms with van der Waals surface area (Å²) in [6.07, 6.45) is 0.756. The van der Waals surface area contributed by atoms with Crippen LogP contribution in [0.3, 0.4) is 0 Å². The van der Waals surface area contributed by atoms with Gasteiger partial charge < -0.3 is 15.5 Å². The number of nitrogens with one attached hydrogen (secondary N) is 2. The predicted octanol–water partition coefficient (Wildman–Crippen LogP) is 0.832. The van der Waals surface area contributed by atoms with E-state index in [4.69, 9.17) is 0 Å². The Kier molecular flexibility index (Phi) is 5.95. The first-order valence-electron chi connectivity index (χ1n) is 5.98. The second-order valence-electron chi connectivity index (χ2n) is 4.38. The molecule has 0 aromatic heterocycles. The molecule has 0 aliphatic carbocycles. The lowest BCUT2D eigenvalue weighted by Gasteiger charge is -2.10. The van der Waals surface area contributed by atoms with Crippen molar-refractivity contribution in [3.8, 4) is 0 Å². The van der Waals surface area contributed by atoms with Crippen LogP contribution < -0.4 is 10.6 Å². The molecule has 2 amide bonds. The van der Waals surface area contributed by atoms with Crippen LogP contribution in [-0.2, 0) is 9.59 Å². The van der Waals surface area contributed by atoms with Crippen molar-refractivity contribution in [3.63, 3.8) is 0 Å². The molecule has 0 aliphatic rings. The van der Waals surface area contributed by atoms with Gasteiger partial charge in [-0.2, -0.15) is 0 Å². The van der Waals surface area contributed by atoms with E-state index in [0.717, 1.165) is 19.0 Å². The normalized spacial score (nSPS) is 10.3. The number of hydrogen-bond donors (Lipinski definition) is 2. The van der Waals surface area contributed by atoms with Crippen molar-refractivity contribution in [1.82, 2.24) is 10.2 Å². The van der Waals surface area contributed by atoms with Crippen molar-refractivity contribution < 1.29 is 14.0 Å². The van der Waals surface area contributed by atoms with Gasteiger partial charge >= 0.3 is 11.8 Å². The third kappa shape index (κ3) is 5.96. The fraction of sp³-hybridized carbons (Fsp3) is 0.385. The van der Waals surface area contributed by atoms with Crippen molar-refractivity contribution >= 4 is 17.5 Å². The molecule has 1 aromatic carbocycles. The summed E-state index contributed by atoms with van der Waals surface area (Å²) in [5.74, 6) is -1.98. The minimum absolute atomic E-state index is 0.258. The SMILES string of the molecule is CN(C)CCCNC(=O)C(=O)Nc1cccc(F)c1. The highest BCUT2D eigenvalue weighted by atomic mass is 19.1. The Hall–Kier alpha value is -1.95. The topological polar surface area (TPSA) is 61.4 Å². The molecular weight excluding hydrogens is 249 g/mol. The van der Waals surface area contributed by atoms with Crippen molar-refractivity contribution in [1.29, 1.82) is 0 Å². The predicted molar refractivity (Wildman–Crippen MR) is 71.2 cm³/mol. The van der Waals surface area contributed by atoms with E-state index >= 15 is 0 Å². The molecule has 0 spiro atoms. The van der Waals surface area contributed by atoms with Gasteiger partial charge in [-0.05, 0) is 45.3 Å². The minimum Gasteiger partial charge on any atom is -0.348 e. The summed E-state index contributed by atoms with van der Waals surface area (Å²) >= 11 is 0. The molecule has 2 N–H and O–H groups in total. The van der Waals surface area contributed by atoms with Gasteiger partial charge in [0, 0.05) is 12.2 Å². The van der Waals surface area contributed by atoms with Gasteiger partial charge in [0.15, 0.2) is 0 Å². The van der Waals surface area contributed by atoms with Gasteiger partial charge in [-0.3, -0.25) is 9.59 Å². The lowest BCUT2D eigenvalue weighted by Crippen LogP contribution is -2.36. The zero-order valence-corrected chi connectivity index (χ0v) is 11.1. The average molecular weight is 267 g/mol. The highest BCUT2D eigenvalue weighted by Gasteiger charge is 2.12. The van der Waals surface area contributed by atoms with Crippen LogP contribution in [0.5, 0.6) is 0 Å². The maximum absolute atomic E-state index is 12.9. The molecule has 0 heterocycles. The van der Waals surface area contributed by atoms with Crippen molar-refractivity contribution in [3.05, 3.63) is 30.1 Å². The minimum atomic E-state index is -0.796. The molecule has 0 saturated heterocycles. The number of amides is 2. The molecule has 19 heavy (non-hydrogen) atoms. The summed E-state index contributed by atoms with van der Waals surface area (Å²) in [5.41, 5.74) is 0.258. The Morgan fingerprint density at radius 2 is 2.00 bits per heavy atom. The van der Waals surface area contributed by atoms with Gasteiger partial charge in [0.2, 0.25) is 0 Å². The molecule has 0 atom stereocenters. The third-order valence-electron chi connectivity index (χ3n) is 2.36. The number of carbonyl (C=O) groups excluding carboxylic acids is 2. The molecule has 0 unspecified atom stereocenters. The summed E-state index contributed by atoms with van der Waals surface area (Å²) in [6, 6.07) is 5.38. The quantitative estimate of drug-likeness (QED) is 0.613. The maximum Gasteiger partial charge on any atom is 0.313 e. The van der Waals surface area contributed by atoms with Crippen molar-refractivity contribution in [2.75, 3.05) is 32.5 Å². The first-order valence-corrected chi connectivity index (χ1v) is 5.98. The Morgan fingerprint density at radius 3 is 2.63 bits per heavy atom. The van der Waals surface area contributed by atoms with Gasteiger partial charge in [-0.15, -0.1) is 0 Å². The van der Waals surface area contributed by atoms with Gasteiger partial charge in [-0.1, -0.05) is 6.07 Å². The Bertz CT molecular complexity index is 449. The summed E-state index contributed by atoms with van der Waals surface area (Å²) in [5, 5.41) is 4.83. The van der Waals surface area contributed by atoms with E-state index in [2.05, 4.69) is 10.6 Å². The number of halogens is 1. The van der Waals surface area contributed by atoms with Crippen LogP contribution in [0.2, 0.25) is 0 Å². The Morgan fingerprint density at radius 1 is 1.26 bits per heavy atom. The van der Waals surface area contributed by atoms with Crippen LogP contribution in [0, 0.1) is 5.82 Å². The summed E-state index contributed by atoms with van der Waals surface area (Å²) < 4.78 is 12.9. The van der Waals surface area contributed by atoms with Crippen molar-refractivity contribution in [2.45, 2.75) is 6.42 Å². The molecule has 5 nitrogen and oxygen atoms in total. The van der Waals surface area contributed by atoms with Gasteiger partial charge in [-0.25, -0.2) is 4.39 Å². The van der Waals surface area contributed by atoms with Gasteiger partial charge in [0.1, 0.15) is 5.82 Å². The molecule has 0 fully saturated rings. The Labute approximate surface area is 111 Å². The van der Waals surface area contributed by atoms with Crippen LogP contribution in [0.4, 0.5) is 10.1 Å². The second kappa shape index (κ2) is 7.48. The van der Waals surface area contributed by atoms with E-state index in [0.29, 0.717) is 6.54 Å². The number of benzene rings is 1. The molecule has 0 bridgehead atoms. The largest absolute Gasteiger partial charge is 0.348 e. The monoisotopic (exact) mass is 267 g/mol. The van der Waals surface area contributed by atoms with Gasteiger partial charge in [0.05, 0.1) is 0 Å². The second-order valence-corrected chi connectivity index (χ2v) is 4.38. The molecule has 104 valence electrons. The fourth-order valence-corrected chi connectivity index (χ4v) is 1.43. The van der Waals surface area contributed by atoms with Crippen LogP contribution in [0.1, 0.15) is 6.42 Å². The molecule has 0 saturated carbocycles. The average Bonchev–Trinajstić information content (AvgIpc) is 2.34. The van der Waals surface area contributed by atoms with E-state index in [9.17, 15) is 14.0 Å².